The van der Waals surface area contributed by atoms with Crippen LogP contribution < -0.4 is 11.3 Å². The van der Waals surface area contributed by atoms with Crippen LogP contribution >= 0.6 is 23.2 Å². The molecule has 1 atom stereocenters. The van der Waals surface area contributed by atoms with Crippen LogP contribution in [0.2, 0.25) is 10.0 Å². The van der Waals surface area contributed by atoms with Crippen molar-refractivity contribution < 1.29 is 0 Å². The summed E-state index contributed by atoms with van der Waals surface area (Å²) in [6.07, 6.45) is 3.33. The molecule has 0 amide bonds. The van der Waals surface area contributed by atoms with Gasteiger partial charge in [0.1, 0.15) is 5.54 Å². The van der Waals surface area contributed by atoms with Gasteiger partial charge in [0.15, 0.2) is 0 Å². The molecule has 0 aliphatic rings. The number of pyridine rings is 1. The third-order valence-electron chi connectivity index (χ3n) is 6.06. The van der Waals surface area contributed by atoms with Gasteiger partial charge in [-0.15, -0.1) is 0 Å². The zero-order chi connectivity index (χ0) is 23.2. The number of imidazole rings is 1. The largest absolute Gasteiger partial charge is 0.346 e. The van der Waals surface area contributed by atoms with Crippen LogP contribution in [-0.2, 0) is 12.6 Å². The fourth-order valence-electron chi connectivity index (χ4n) is 4.26. The minimum Gasteiger partial charge on any atom is -0.346 e. The van der Waals surface area contributed by atoms with Gasteiger partial charge in [-0.3, -0.25) is 4.79 Å². The lowest BCUT2D eigenvalue weighted by Crippen LogP contribution is -2.39. The molecule has 0 aliphatic carbocycles. The molecule has 0 aliphatic heterocycles. The summed E-state index contributed by atoms with van der Waals surface area (Å²) in [6, 6.07) is 22.5. The van der Waals surface area contributed by atoms with Gasteiger partial charge in [0, 0.05) is 28.5 Å². The fourth-order valence-corrected chi connectivity index (χ4v) is 4.58. The van der Waals surface area contributed by atoms with Crippen molar-refractivity contribution in [3.05, 3.63) is 123 Å². The maximum Gasteiger partial charge on any atom is 0.251 e. The van der Waals surface area contributed by atoms with Gasteiger partial charge in [-0.05, 0) is 58.7 Å². The standard InChI is InChI=1S/C26H20Cl2N4O/c1-32-23-10-7-18(12-22(23)21(13-25(32)33)16-3-2-4-20(28)11-16)26(29,24-14-30-15-31-24)17-5-8-19(27)9-6-17/h2-15H,29H2,1H3,(H,30,31)/t26-/m1/s1. The zero-order valence-electron chi connectivity index (χ0n) is 17.7. The summed E-state index contributed by atoms with van der Waals surface area (Å²) in [4.78, 5) is 20.1. The Labute approximate surface area is 200 Å². The number of H-pyrrole nitrogens is 1. The highest BCUT2D eigenvalue weighted by molar-refractivity contribution is 6.31. The summed E-state index contributed by atoms with van der Waals surface area (Å²) in [5.74, 6) is 0. The van der Waals surface area contributed by atoms with Gasteiger partial charge < -0.3 is 15.3 Å². The molecule has 0 saturated heterocycles. The number of benzene rings is 3. The molecule has 0 spiro atoms. The molecule has 5 aromatic rings. The SMILES string of the molecule is Cn1c(=O)cc(-c2cccc(Cl)c2)c2cc([C@](N)(c3ccc(Cl)cc3)c3cnc[nH]3)ccc21. The second-order valence-electron chi connectivity index (χ2n) is 7.98. The van der Waals surface area contributed by atoms with Gasteiger partial charge in [0.2, 0.25) is 0 Å². The summed E-state index contributed by atoms with van der Waals surface area (Å²) in [5, 5.41) is 2.12. The number of rotatable bonds is 4. The second kappa shape index (κ2) is 8.19. The van der Waals surface area contributed by atoms with Crippen molar-refractivity contribution in [1.82, 2.24) is 14.5 Å². The summed E-state index contributed by atoms with van der Waals surface area (Å²) in [5.41, 5.74) is 10.9. The van der Waals surface area contributed by atoms with Gasteiger partial charge in [0.05, 0.1) is 23.7 Å². The zero-order valence-corrected chi connectivity index (χ0v) is 19.2. The van der Waals surface area contributed by atoms with Crippen molar-refractivity contribution in [2.75, 3.05) is 0 Å². The molecule has 164 valence electrons. The number of nitrogens with one attached hydrogen (secondary N) is 1. The van der Waals surface area contributed by atoms with Gasteiger partial charge >= 0.3 is 0 Å². The molecule has 0 radical (unpaired) electrons. The van der Waals surface area contributed by atoms with E-state index in [9.17, 15) is 4.79 Å². The Morgan fingerprint density at radius 2 is 1.70 bits per heavy atom. The summed E-state index contributed by atoms with van der Waals surface area (Å²) in [7, 11) is 1.76. The Hall–Kier alpha value is -3.38. The molecule has 0 saturated carbocycles. The van der Waals surface area contributed by atoms with Crippen molar-refractivity contribution in [1.29, 1.82) is 0 Å². The number of aromatic amines is 1. The van der Waals surface area contributed by atoms with E-state index in [0.29, 0.717) is 10.0 Å². The molecule has 7 heteroatoms. The first-order valence-electron chi connectivity index (χ1n) is 10.3. The molecular formula is C26H20Cl2N4O. The van der Waals surface area contributed by atoms with E-state index in [0.717, 1.165) is 38.9 Å². The molecular weight excluding hydrogens is 455 g/mol. The first-order valence-corrected chi connectivity index (χ1v) is 11.1. The molecule has 33 heavy (non-hydrogen) atoms. The number of halogens is 2. The Kier molecular flexibility index (Phi) is 5.33. The van der Waals surface area contributed by atoms with Crippen molar-refractivity contribution in [2.24, 2.45) is 12.8 Å². The molecule has 0 bridgehead atoms. The van der Waals surface area contributed by atoms with Crippen LogP contribution in [0.15, 0.2) is 90.1 Å². The second-order valence-corrected chi connectivity index (χ2v) is 8.85. The van der Waals surface area contributed by atoms with Crippen LogP contribution in [0.5, 0.6) is 0 Å². The number of hydrogen-bond acceptors (Lipinski definition) is 3. The van der Waals surface area contributed by atoms with Gasteiger partial charge in [-0.25, -0.2) is 4.98 Å². The number of nitrogens with two attached hydrogens (primary N) is 1. The van der Waals surface area contributed by atoms with E-state index in [-0.39, 0.29) is 5.56 Å². The Morgan fingerprint density at radius 3 is 2.39 bits per heavy atom. The highest BCUT2D eigenvalue weighted by atomic mass is 35.5. The molecule has 2 aromatic heterocycles. The van der Waals surface area contributed by atoms with E-state index in [1.807, 2.05) is 66.7 Å². The molecule has 2 heterocycles. The normalized spacial score (nSPS) is 13.2. The van der Waals surface area contributed by atoms with E-state index in [4.69, 9.17) is 28.9 Å². The first kappa shape index (κ1) is 21.5. The van der Waals surface area contributed by atoms with Crippen molar-refractivity contribution in [2.45, 2.75) is 5.54 Å². The summed E-state index contributed by atoms with van der Waals surface area (Å²) in [6.45, 7) is 0. The van der Waals surface area contributed by atoms with E-state index >= 15 is 0 Å². The highest BCUT2D eigenvalue weighted by Gasteiger charge is 2.34. The minimum absolute atomic E-state index is 0.101. The predicted molar refractivity (Wildman–Crippen MR) is 134 cm³/mol. The van der Waals surface area contributed by atoms with E-state index in [1.54, 1.807) is 30.2 Å². The van der Waals surface area contributed by atoms with E-state index < -0.39 is 5.54 Å². The van der Waals surface area contributed by atoms with E-state index in [2.05, 4.69) is 9.97 Å². The smallest absolute Gasteiger partial charge is 0.251 e. The highest BCUT2D eigenvalue weighted by Crippen LogP contribution is 2.37. The minimum atomic E-state index is -1.02. The Balaban J connectivity index is 1.82. The molecule has 5 rings (SSSR count). The van der Waals surface area contributed by atoms with Gasteiger partial charge in [0.25, 0.3) is 5.56 Å². The quantitative estimate of drug-likeness (QED) is 0.361. The third-order valence-corrected chi connectivity index (χ3v) is 6.55. The van der Waals surface area contributed by atoms with Crippen LogP contribution in [0.3, 0.4) is 0 Å². The predicted octanol–water partition coefficient (Wildman–Crippen LogP) is 5.49. The topological polar surface area (TPSA) is 76.7 Å². The monoisotopic (exact) mass is 474 g/mol. The number of aromatic nitrogens is 3. The Morgan fingerprint density at radius 1 is 0.939 bits per heavy atom. The lowest BCUT2D eigenvalue weighted by molar-refractivity contribution is 0.633. The lowest BCUT2D eigenvalue weighted by atomic mass is 9.80. The van der Waals surface area contributed by atoms with Crippen LogP contribution in [0.1, 0.15) is 16.8 Å². The molecule has 5 nitrogen and oxygen atoms in total. The molecule has 0 unspecified atom stereocenters. The average molecular weight is 475 g/mol. The number of nitrogens with zero attached hydrogens (tertiary/aromatic N) is 2. The molecule has 3 N–H and O–H groups in total. The molecule has 0 fully saturated rings. The number of aryl methyl sites for hydroxylation is 1. The van der Waals surface area contributed by atoms with Crippen molar-refractivity contribution >= 4 is 34.1 Å². The van der Waals surface area contributed by atoms with Crippen LogP contribution in [0.25, 0.3) is 22.0 Å². The van der Waals surface area contributed by atoms with Crippen molar-refractivity contribution in [3.8, 4) is 11.1 Å². The fraction of sp³-hybridized carbons (Fsp3) is 0.0769. The first-order chi connectivity index (χ1) is 15.9. The molecule has 3 aromatic carbocycles. The van der Waals surface area contributed by atoms with Gasteiger partial charge in [-0.2, -0.15) is 0 Å². The van der Waals surface area contributed by atoms with Gasteiger partial charge in [-0.1, -0.05) is 53.5 Å². The third kappa shape index (κ3) is 3.64. The number of hydrogen-bond donors (Lipinski definition) is 2. The average Bonchev–Trinajstić information content (AvgIpc) is 3.37. The van der Waals surface area contributed by atoms with Crippen molar-refractivity contribution in [3.63, 3.8) is 0 Å². The summed E-state index contributed by atoms with van der Waals surface area (Å²) >= 11 is 12.4. The maximum atomic E-state index is 12.7. The maximum absolute atomic E-state index is 12.7. The van der Waals surface area contributed by atoms with Crippen LogP contribution in [-0.4, -0.2) is 14.5 Å². The number of fused-ring (bicyclic) bond motifs is 1. The van der Waals surface area contributed by atoms with Crippen LogP contribution in [0, 0.1) is 0 Å². The van der Waals surface area contributed by atoms with E-state index in [1.165, 1.54) is 0 Å². The van der Waals surface area contributed by atoms with Crippen LogP contribution in [0.4, 0.5) is 0 Å². The summed E-state index contributed by atoms with van der Waals surface area (Å²) < 4.78 is 1.63. The lowest BCUT2D eigenvalue weighted by Gasteiger charge is -2.30. The Bertz CT molecular complexity index is 1530.